The molecule has 2 amide bonds. The summed E-state index contributed by atoms with van der Waals surface area (Å²) >= 11 is 9.88. The van der Waals surface area contributed by atoms with Crippen LogP contribution in [0.5, 0.6) is 0 Å². The van der Waals surface area contributed by atoms with Gasteiger partial charge in [0.1, 0.15) is 12.6 Å². The van der Waals surface area contributed by atoms with Crippen LogP contribution in [-0.4, -0.2) is 43.8 Å². The summed E-state index contributed by atoms with van der Waals surface area (Å²) in [6, 6.07) is 27.4. The van der Waals surface area contributed by atoms with Crippen LogP contribution in [-0.2, 0) is 32.6 Å². The van der Waals surface area contributed by atoms with E-state index in [2.05, 4.69) is 21.2 Å². The fraction of sp³-hybridized carbons (Fsp3) is 0.278. The molecule has 0 fully saturated rings. The standard InChI is InChI=1S/C36H39BrClN3O4S/c1-5-27(4)39-36(43)34(21-28-10-7-6-8-11-28)40(23-29-12-9-13-30(37)20-29)35(42)24-41(33-22-31(38)17-16-26(33)3)46(44,45)32-18-14-25(2)15-19-32/h6-20,22,27,34H,5,21,23-24H2,1-4H3,(H,39,43)/t27-,34-/m1/s1. The Labute approximate surface area is 285 Å². The molecule has 0 heterocycles. The Morgan fingerprint density at radius 1 is 0.891 bits per heavy atom. The van der Waals surface area contributed by atoms with Gasteiger partial charge in [-0.1, -0.05) is 101 Å². The van der Waals surface area contributed by atoms with Crippen molar-refractivity contribution in [2.45, 2.75) is 64.1 Å². The Morgan fingerprint density at radius 2 is 1.57 bits per heavy atom. The van der Waals surface area contributed by atoms with Gasteiger partial charge in [-0.05, 0) is 80.3 Å². The fourth-order valence-corrected chi connectivity index (χ4v) is 7.11. The average Bonchev–Trinajstić information content (AvgIpc) is 3.03. The van der Waals surface area contributed by atoms with Crippen LogP contribution in [0.2, 0.25) is 5.02 Å². The number of benzene rings is 4. The highest BCUT2D eigenvalue weighted by atomic mass is 79.9. The molecule has 0 unspecified atom stereocenters. The van der Waals surface area contributed by atoms with Gasteiger partial charge < -0.3 is 10.2 Å². The van der Waals surface area contributed by atoms with Gasteiger partial charge >= 0.3 is 0 Å². The molecule has 7 nitrogen and oxygen atoms in total. The van der Waals surface area contributed by atoms with E-state index in [4.69, 9.17) is 11.6 Å². The van der Waals surface area contributed by atoms with Crippen molar-refractivity contribution in [1.29, 1.82) is 0 Å². The van der Waals surface area contributed by atoms with Gasteiger partial charge in [-0.25, -0.2) is 8.42 Å². The first kappa shape index (κ1) is 35.2. The highest BCUT2D eigenvalue weighted by molar-refractivity contribution is 9.10. The molecule has 0 aliphatic rings. The minimum Gasteiger partial charge on any atom is -0.352 e. The van der Waals surface area contributed by atoms with E-state index in [0.717, 1.165) is 25.5 Å². The van der Waals surface area contributed by atoms with E-state index < -0.39 is 28.5 Å². The molecule has 1 N–H and O–H groups in total. The number of rotatable bonds is 13. The normalized spacial score (nSPS) is 12.7. The molecule has 10 heteroatoms. The van der Waals surface area contributed by atoms with Crippen molar-refractivity contribution in [2.75, 3.05) is 10.8 Å². The molecule has 0 saturated carbocycles. The summed E-state index contributed by atoms with van der Waals surface area (Å²) in [4.78, 5) is 30.1. The van der Waals surface area contributed by atoms with Crippen molar-refractivity contribution in [2.24, 2.45) is 0 Å². The lowest BCUT2D eigenvalue weighted by molar-refractivity contribution is -0.140. The first-order valence-electron chi connectivity index (χ1n) is 15.1. The Kier molecular flexibility index (Phi) is 12.1. The van der Waals surface area contributed by atoms with E-state index in [1.165, 1.54) is 17.0 Å². The van der Waals surface area contributed by atoms with E-state index in [0.29, 0.717) is 17.0 Å². The van der Waals surface area contributed by atoms with Gasteiger partial charge in [0.25, 0.3) is 10.0 Å². The first-order chi connectivity index (χ1) is 21.9. The molecule has 242 valence electrons. The number of nitrogens with one attached hydrogen (secondary N) is 1. The number of hydrogen-bond acceptors (Lipinski definition) is 4. The van der Waals surface area contributed by atoms with E-state index in [-0.39, 0.29) is 35.5 Å². The monoisotopic (exact) mass is 723 g/mol. The van der Waals surface area contributed by atoms with Crippen LogP contribution in [0.4, 0.5) is 5.69 Å². The van der Waals surface area contributed by atoms with Crippen molar-refractivity contribution < 1.29 is 18.0 Å². The molecule has 0 aliphatic heterocycles. The molecular weight excluding hydrogens is 686 g/mol. The summed E-state index contributed by atoms with van der Waals surface area (Å²) in [5, 5.41) is 3.39. The van der Waals surface area contributed by atoms with Crippen LogP contribution < -0.4 is 9.62 Å². The van der Waals surface area contributed by atoms with Crippen LogP contribution in [0.3, 0.4) is 0 Å². The Morgan fingerprint density at radius 3 is 2.22 bits per heavy atom. The Bertz CT molecular complexity index is 1770. The Balaban J connectivity index is 1.84. The minimum absolute atomic E-state index is 0.0409. The zero-order valence-electron chi connectivity index (χ0n) is 26.4. The number of halogens is 2. The number of anilines is 1. The fourth-order valence-electron chi connectivity index (χ4n) is 5.03. The van der Waals surface area contributed by atoms with E-state index in [1.807, 2.05) is 75.4 Å². The zero-order valence-corrected chi connectivity index (χ0v) is 29.6. The van der Waals surface area contributed by atoms with E-state index >= 15 is 0 Å². The maximum absolute atomic E-state index is 14.6. The number of carbonyl (C=O) groups is 2. The minimum atomic E-state index is -4.23. The van der Waals surface area contributed by atoms with E-state index in [1.54, 1.807) is 37.3 Å². The summed E-state index contributed by atoms with van der Waals surface area (Å²) in [5.74, 6) is -0.844. The molecule has 46 heavy (non-hydrogen) atoms. The van der Waals surface area contributed by atoms with Crippen molar-refractivity contribution in [3.05, 3.63) is 129 Å². The quantitative estimate of drug-likeness (QED) is 0.155. The lowest BCUT2D eigenvalue weighted by Gasteiger charge is -2.34. The maximum Gasteiger partial charge on any atom is 0.264 e. The second-order valence-corrected chi connectivity index (χ2v) is 14.6. The number of nitrogens with zero attached hydrogens (tertiary/aromatic N) is 2. The van der Waals surface area contributed by atoms with Crippen LogP contribution in [0, 0.1) is 13.8 Å². The van der Waals surface area contributed by atoms with Crippen LogP contribution in [0.15, 0.2) is 106 Å². The molecule has 0 aliphatic carbocycles. The molecule has 0 aromatic heterocycles. The third kappa shape index (κ3) is 8.99. The highest BCUT2D eigenvalue weighted by Crippen LogP contribution is 2.30. The van der Waals surface area contributed by atoms with Gasteiger partial charge in [0.2, 0.25) is 11.8 Å². The second kappa shape index (κ2) is 15.8. The molecule has 0 bridgehead atoms. The van der Waals surface area contributed by atoms with Crippen LogP contribution in [0.25, 0.3) is 0 Å². The summed E-state index contributed by atoms with van der Waals surface area (Å²) in [6.07, 6.45) is 0.948. The number of carbonyl (C=O) groups excluding carboxylic acids is 2. The third-order valence-corrected chi connectivity index (χ3v) is 10.3. The van der Waals surface area contributed by atoms with Gasteiger partial charge in [0, 0.05) is 28.5 Å². The molecule has 4 aromatic carbocycles. The van der Waals surface area contributed by atoms with Crippen LogP contribution >= 0.6 is 27.5 Å². The zero-order chi connectivity index (χ0) is 33.4. The molecule has 4 rings (SSSR count). The summed E-state index contributed by atoms with van der Waals surface area (Å²) < 4.78 is 30.5. The summed E-state index contributed by atoms with van der Waals surface area (Å²) in [6.45, 7) is 7.06. The van der Waals surface area contributed by atoms with Crippen molar-refractivity contribution in [1.82, 2.24) is 10.2 Å². The highest BCUT2D eigenvalue weighted by Gasteiger charge is 2.35. The summed E-state index contributed by atoms with van der Waals surface area (Å²) in [5.41, 5.74) is 3.46. The molecule has 0 radical (unpaired) electrons. The third-order valence-electron chi connectivity index (χ3n) is 7.84. The van der Waals surface area contributed by atoms with Crippen molar-refractivity contribution in [3.63, 3.8) is 0 Å². The topological polar surface area (TPSA) is 86.8 Å². The number of hydrogen-bond donors (Lipinski definition) is 1. The van der Waals surface area contributed by atoms with Gasteiger partial charge in [-0.15, -0.1) is 0 Å². The maximum atomic E-state index is 14.6. The van der Waals surface area contributed by atoms with Gasteiger partial charge in [-0.2, -0.15) is 0 Å². The second-order valence-electron chi connectivity index (χ2n) is 11.4. The van der Waals surface area contributed by atoms with Gasteiger partial charge in [-0.3, -0.25) is 13.9 Å². The first-order valence-corrected chi connectivity index (χ1v) is 17.7. The predicted octanol–water partition coefficient (Wildman–Crippen LogP) is 7.47. The average molecular weight is 725 g/mol. The number of aryl methyl sites for hydroxylation is 2. The lowest BCUT2D eigenvalue weighted by Crippen LogP contribution is -2.54. The van der Waals surface area contributed by atoms with Crippen molar-refractivity contribution >= 4 is 55.1 Å². The largest absolute Gasteiger partial charge is 0.352 e. The molecule has 2 atom stereocenters. The molecular formula is C36H39BrClN3O4S. The van der Waals surface area contributed by atoms with E-state index in [9.17, 15) is 18.0 Å². The molecule has 0 spiro atoms. The number of amides is 2. The predicted molar refractivity (Wildman–Crippen MR) is 188 cm³/mol. The van der Waals surface area contributed by atoms with Gasteiger partial charge in [0.05, 0.1) is 10.6 Å². The van der Waals surface area contributed by atoms with Crippen molar-refractivity contribution in [3.8, 4) is 0 Å². The smallest absolute Gasteiger partial charge is 0.264 e. The molecule has 4 aromatic rings. The lowest BCUT2D eigenvalue weighted by atomic mass is 10.0. The SMILES string of the molecule is CC[C@@H](C)NC(=O)[C@@H](Cc1ccccc1)N(Cc1cccc(Br)c1)C(=O)CN(c1cc(Cl)ccc1C)S(=O)(=O)c1ccc(C)cc1. The Hall–Kier alpha value is -3.66. The number of sulfonamides is 1. The molecule has 0 saturated heterocycles. The van der Waals surface area contributed by atoms with Gasteiger partial charge in [0.15, 0.2) is 0 Å². The van der Waals surface area contributed by atoms with Crippen LogP contribution in [0.1, 0.15) is 42.5 Å². The summed E-state index contributed by atoms with van der Waals surface area (Å²) in [7, 11) is -4.23.